The summed E-state index contributed by atoms with van der Waals surface area (Å²) < 4.78 is 10.4. The van der Waals surface area contributed by atoms with E-state index < -0.39 is 0 Å². The monoisotopic (exact) mass is 297 g/mol. The number of hydrogen-bond donors (Lipinski definition) is 1. The van der Waals surface area contributed by atoms with Crippen LogP contribution in [0.3, 0.4) is 0 Å². The molecular weight excluding hydrogens is 278 g/mol. The lowest BCUT2D eigenvalue weighted by Gasteiger charge is -2.07. The van der Waals surface area contributed by atoms with Crippen LogP contribution in [0.25, 0.3) is 6.08 Å². The van der Waals surface area contributed by atoms with E-state index in [1.54, 1.807) is 25.3 Å². The minimum atomic E-state index is -0.170. The number of methoxy groups -OCH3 is 1. The van der Waals surface area contributed by atoms with E-state index in [9.17, 15) is 4.79 Å². The molecule has 2 aromatic carbocycles. The number of carbonyl (C=O) groups is 1. The highest BCUT2D eigenvalue weighted by molar-refractivity contribution is 6.01. The zero-order valence-corrected chi connectivity index (χ0v) is 12.5. The van der Waals surface area contributed by atoms with Crippen molar-refractivity contribution >= 4 is 17.7 Å². The number of anilines is 1. The third-order valence-corrected chi connectivity index (χ3v) is 2.90. The summed E-state index contributed by atoms with van der Waals surface area (Å²) in [5.74, 6) is 0.576. The van der Waals surface area contributed by atoms with Gasteiger partial charge in [0.1, 0.15) is 12.4 Å². The lowest BCUT2D eigenvalue weighted by Crippen LogP contribution is -2.08. The van der Waals surface area contributed by atoms with Gasteiger partial charge in [-0.3, -0.25) is 4.79 Å². The molecule has 0 spiro atoms. The van der Waals surface area contributed by atoms with Crippen molar-refractivity contribution in [2.45, 2.75) is 0 Å². The first-order chi connectivity index (χ1) is 10.8. The lowest BCUT2D eigenvalue weighted by molar-refractivity contribution is -0.111. The Morgan fingerprint density at radius 2 is 1.77 bits per heavy atom. The number of benzene rings is 2. The summed E-state index contributed by atoms with van der Waals surface area (Å²) >= 11 is 0. The van der Waals surface area contributed by atoms with E-state index in [1.807, 2.05) is 42.5 Å². The zero-order chi connectivity index (χ0) is 15.6. The van der Waals surface area contributed by atoms with E-state index in [0.717, 1.165) is 17.0 Å². The third-order valence-electron chi connectivity index (χ3n) is 2.90. The van der Waals surface area contributed by atoms with Crippen molar-refractivity contribution in [3.63, 3.8) is 0 Å². The number of carbonyl (C=O) groups excluding carboxylic acids is 1. The van der Waals surface area contributed by atoms with Crippen molar-refractivity contribution in [1.82, 2.24) is 0 Å². The summed E-state index contributed by atoms with van der Waals surface area (Å²) in [5.41, 5.74) is 1.71. The Bertz CT molecular complexity index is 606. The maximum atomic E-state index is 11.8. The maximum absolute atomic E-state index is 11.8. The van der Waals surface area contributed by atoms with Gasteiger partial charge in [0.2, 0.25) is 5.91 Å². The molecule has 0 aliphatic heterocycles. The number of amides is 1. The summed E-state index contributed by atoms with van der Waals surface area (Å²) in [6, 6.07) is 16.9. The zero-order valence-electron chi connectivity index (χ0n) is 12.5. The van der Waals surface area contributed by atoms with E-state index in [4.69, 9.17) is 9.47 Å². The molecule has 2 rings (SSSR count). The molecule has 0 atom stereocenters. The van der Waals surface area contributed by atoms with Crippen molar-refractivity contribution in [3.8, 4) is 5.75 Å². The van der Waals surface area contributed by atoms with Crippen LogP contribution < -0.4 is 10.1 Å². The van der Waals surface area contributed by atoms with Gasteiger partial charge in [0.25, 0.3) is 0 Å². The third kappa shape index (κ3) is 5.42. The molecule has 0 aliphatic carbocycles. The molecule has 0 heterocycles. The summed E-state index contributed by atoms with van der Waals surface area (Å²) in [6.07, 6.45) is 3.29. The van der Waals surface area contributed by atoms with Gasteiger partial charge in [-0.1, -0.05) is 30.3 Å². The van der Waals surface area contributed by atoms with Crippen molar-refractivity contribution < 1.29 is 14.3 Å². The highest BCUT2D eigenvalue weighted by atomic mass is 16.5. The Labute approximate surface area is 130 Å². The average molecular weight is 297 g/mol. The van der Waals surface area contributed by atoms with Crippen molar-refractivity contribution in [2.24, 2.45) is 0 Å². The van der Waals surface area contributed by atoms with Crippen LogP contribution in [0.5, 0.6) is 5.75 Å². The second-order valence-corrected chi connectivity index (χ2v) is 4.60. The van der Waals surface area contributed by atoms with Gasteiger partial charge in [0, 0.05) is 18.9 Å². The van der Waals surface area contributed by atoms with E-state index in [2.05, 4.69) is 5.32 Å². The standard InChI is InChI=1S/C18H19NO3/c1-21-13-14-22-17-10-8-16(9-11-17)19-18(20)12-7-15-5-3-2-4-6-15/h2-12H,13-14H2,1H3,(H,19,20)/b12-7+. The average Bonchev–Trinajstić information content (AvgIpc) is 2.56. The Kier molecular flexibility index (Phi) is 6.20. The van der Waals surface area contributed by atoms with Crippen LogP contribution in [0.2, 0.25) is 0 Å². The molecule has 4 heteroatoms. The fourth-order valence-electron chi connectivity index (χ4n) is 1.80. The molecule has 0 radical (unpaired) electrons. The number of rotatable bonds is 7. The molecule has 0 saturated carbocycles. The van der Waals surface area contributed by atoms with E-state index in [-0.39, 0.29) is 5.91 Å². The molecule has 0 fully saturated rings. The lowest BCUT2D eigenvalue weighted by atomic mass is 10.2. The summed E-state index contributed by atoms with van der Waals surface area (Å²) in [5, 5.41) is 2.80. The molecule has 0 aliphatic rings. The van der Waals surface area contributed by atoms with Crippen LogP contribution in [0.1, 0.15) is 5.56 Å². The van der Waals surface area contributed by atoms with Gasteiger partial charge < -0.3 is 14.8 Å². The van der Waals surface area contributed by atoms with Gasteiger partial charge in [-0.05, 0) is 35.9 Å². The van der Waals surface area contributed by atoms with Gasteiger partial charge in [-0.15, -0.1) is 0 Å². The predicted octanol–water partition coefficient (Wildman–Crippen LogP) is 3.36. The SMILES string of the molecule is COCCOc1ccc(NC(=O)/C=C/c2ccccc2)cc1. The number of ether oxygens (including phenoxy) is 2. The molecule has 0 saturated heterocycles. The van der Waals surface area contributed by atoms with Crippen molar-refractivity contribution in [1.29, 1.82) is 0 Å². The highest BCUT2D eigenvalue weighted by Gasteiger charge is 1.99. The first kappa shape index (κ1) is 15.8. The number of hydrogen-bond acceptors (Lipinski definition) is 3. The normalized spacial score (nSPS) is 10.6. The molecule has 0 bridgehead atoms. The molecule has 0 aromatic heterocycles. The molecule has 22 heavy (non-hydrogen) atoms. The Hall–Kier alpha value is -2.59. The van der Waals surface area contributed by atoms with Gasteiger partial charge in [0.15, 0.2) is 0 Å². The van der Waals surface area contributed by atoms with Gasteiger partial charge in [0.05, 0.1) is 6.61 Å². The quantitative estimate of drug-likeness (QED) is 0.629. The fraction of sp³-hybridized carbons (Fsp3) is 0.167. The van der Waals surface area contributed by atoms with Crippen LogP contribution in [0.4, 0.5) is 5.69 Å². The molecule has 4 nitrogen and oxygen atoms in total. The summed E-state index contributed by atoms with van der Waals surface area (Å²) in [4.78, 5) is 11.8. The molecule has 0 unspecified atom stereocenters. The Morgan fingerprint density at radius 3 is 2.45 bits per heavy atom. The smallest absolute Gasteiger partial charge is 0.248 e. The molecule has 1 amide bonds. The Balaban J connectivity index is 1.85. The van der Waals surface area contributed by atoms with E-state index >= 15 is 0 Å². The minimum absolute atomic E-state index is 0.170. The topological polar surface area (TPSA) is 47.6 Å². The molecule has 1 N–H and O–H groups in total. The molecule has 2 aromatic rings. The fourth-order valence-corrected chi connectivity index (χ4v) is 1.80. The first-order valence-corrected chi connectivity index (χ1v) is 7.04. The number of nitrogens with one attached hydrogen (secondary N) is 1. The predicted molar refractivity (Wildman–Crippen MR) is 87.9 cm³/mol. The van der Waals surface area contributed by atoms with Gasteiger partial charge in [-0.25, -0.2) is 0 Å². The second kappa shape index (κ2) is 8.64. The highest BCUT2D eigenvalue weighted by Crippen LogP contribution is 2.15. The van der Waals surface area contributed by atoms with Crippen LogP contribution in [0.15, 0.2) is 60.7 Å². The largest absolute Gasteiger partial charge is 0.491 e. The molecular formula is C18H19NO3. The minimum Gasteiger partial charge on any atom is -0.491 e. The summed E-state index contributed by atoms with van der Waals surface area (Å²) in [7, 11) is 1.63. The van der Waals surface area contributed by atoms with Gasteiger partial charge in [-0.2, -0.15) is 0 Å². The van der Waals surface area contributed by atoms with Crippen molar-refractivity contribution in [3.05, 3.63) is 66.2 Å². The van der Waals surface area contributed by atoms with Crippen LogP contribution in [-0.4, -0.2) is 26.2 Å². The maximum Gasteiger partial charge on any atom is 0.248 e. The second-order valence-electron chi connectivity index (χ2n) is 4.60. The summed E-state index contributed by atoms with van der Waals surface area (Å²) in [6.45, 7) is 1.05. The van der Waals surface area contributed by atoms with Gasteiger partial charge >= 0.3 is 0 Å². The first-order valence-electron chi connectivity index (χ1n) is 7.04. The van der Waals surface area contributed by atoms with Crippen LogP contribution >= 0.6 is 0 Å². The van der Waals surface area contributed by atoms with Crippen molar-refractivity contribution in [2.75, 3.05) is 25.6 Å². The van der Waals surface area contributed by atoms with E-state index in [1.165, 1.54) is 6.08 Å². The van der Waals surface area contributed by atoms with Crippen LogP contribution in [0, 0.1) is 0 Å². The van der Waals surface area contributed by atoms with E-state index in [0.29, 0.717) is 13.2 Å². The Morgan fingerprint density at radius 1 is 1.05 bits per heavy atom. The molecule has 114 valence electrons. The van der Waals surface area contributed by atoms with Crippen LogP contribution in [-0.2, 0) is 9.53 Å².